The fourth-order valence-corrected chi connectivity index (χ4v) is 1.82. The van der Waals surface area contributed by atoms with Crippen molar-refractivity contribution in [2.24, 2.45) is 11.7 Å². The number of nitrogens with two attached hydrogens (primary N) is 1. The van der Waals surface area contributed by atoms with Crippen molar-refractivity contribution < 1.29 is 23.1 Å². The van der Waals surface area contributed by atoms with Crippen molar-refractivity contribution in [3.63, 3.8) is 0 Å². The Morgan fingerprint density at radius 2 is 2.25 bits per heavy atom. The zero-order chi connectivity index (χ0) is 12.3. The Bertz CT molecular complexity index is 299. The molecule has 0 fully saturated rings. The topological polar surface area (TPSA) is 63.3 Å². The zero-order valence-electron chi connectivity index (χ0n) is 8.63. The van der Waals surface area contributed by atoms with E-state index in [-0.39, 0.29) is 25.2 Å². The van der Waals surface area contributed by atoms with E-state index in [0.717, 1.165) is 6.08 Å². The molecule has 0 aromatic rings. The Morgan fingerprint density at radius 1 is 1.62 bits per heavy atom. The fourth-order valence-electron chi connectivity index (χ4n) is 1.82. The third-order valence-corrected chi connectivity index (χ3v) is 2.79. The first-order valence-corrected chi connectivity index (χ1v) is 5.05. The van der Waals surface area contributed by atoms with E-state index in [0.29, 0.717) is 6.42 Å². The lowest BCUT2D eigenvalue weighted by molar-refractivity contribution is -0.139. The lowest BCUT2D eigenvalue weighted by Gasteiger charge is -2.24. The van der Waals surface area contributed by atoms with Gasteiger partial charge in [-0.1, -0.05) is 6.08 Å². The molecule has 0 saturated carbocycles. The van der Waals surface area contributed by atoms with Gasteiger partial charge in [0.2, 0.25) is 0 Å². The largest absolute Gasteiger partial charge is 0.480 e. The van der Waals surface area contributed by atoms with Crippen molar-refractivity contribution in [2.45, 2.75) is 37.9 Å². The highest BCUT2D eigenvalue weighted by atomic mass is 19.4. The molecule has 3 N–H and O–H groups in total. The second-order valence-corrected chi connectivity index (χ2v) is 4.05. The van der Waals surface area contributed by atoms with Crippen molar-refractivity contribution in [2.75, 3.05) is 0 Å². The van der Waals surface area contributed by atoms with Gasteiger partial charge in [0, 0.05) is 5.57 Å². The Hall–Kier alpha value is -1.04. The third kappa shape index (κ3) is 3.52. The van der Waals surface area contributed by atoms with Crippen LogP contribution in [0.4, 0.5) is 13.2 Å². The van der Waals surface area contributed by atoms with Crippen molar-refractivity contribution in [3.05, 3.63) is 11.6 Å². The number of alkyl halides is 3. The molecular formula is C10H14F3NO2. The molecule has 0 amide bonds. The van der Waals surface area contributed by atoms with Gasteiger partial charge in [-0.25, -0.2) is 0 Å². The minimum atomic E-state index is -4.25. The Morgan fingerprint density at radius 3 is 2.62 bits per heavy atom. The van der Waals surface area contributed by atoms with Crippen LogP contribution in [0, 0.1) is 5.92 Å². The number of carboxylic acids is 1. The Balaban J connectivity index is 2.49. The van der Waals surface area contributed by atoms with Crippen molar-refractivity contribution in [1.82, 2.24) is 0 Å². The van der Waals surface area contributed by atoms with Crippen LogP contribution in [0.25, 0.3) is 0 Å². The average Bonchev–Trinajstić information content (AvgIpc) is 2.17. The molecule has 0 bridgehead atoms. The van der Waals surface area contributed by atoms with Crippen LogP contribution in [-0.2, 0) is 4.79 Å². The van der Waals surface area contributed by atoms with E-state index in [1.807, 2.05) is 0 Å². The van der Waals surface area contributed by atoms with Crippen LogP contribution in [0.3, 0.4) is 0 Å². The van der Waals surface area contributed by atoms with E-state index in [1.54, 1.807) is 0 Å². The second kappa shape index (κ2) is 4.86. The van der Waals surface area contributed by atoms with Gasteiger partial charge in [0.1, 0.15) is 6.04 Å². The molecular weight excluding hydrogens is 223 g/mol. The predicted octanol–water partition coefficient (Wildman–Crippen LogP) is 2.08. The highest BCUT2D eigenvalue weighted by Gasteiger charge is 2.35. The summed E-state index contributed by atoms with van der Waals surface area (Å²) in [5.41, 5.74) is 4.82. The lowest BCUT2D eigenvalue weighted by atomic mass is 9.85. The number of hydrogen-bond acceptors (Lipinski definition) is 2. The summed E-state index contributed by atoms with van der Waals surface area (Å²) < 4.78 is 36.8. The van der Waals surface area contributed by atoms with E-state index in [1.165, 1.54) is 0 Å². The number of rotatable bonds is 3. The minimum Gasteiger partial charge on any atom is -0.480 e. The van der Waals surface area contributed by atoms with Crippen LogP contribution in [0.15, 0.2) is 11.6 Å². The first-order valence-electron chi connectivity index (χ1n) is 5.05. The number of halogens is 3. The van der Waals surface area contributed by atoms with E-state index < -0.39 is 23.8 Å². The van der Waals surface area contributed by atoms with Gasteiger partial charge in [-0.2, -0.15) is 13.2 Å². The third-order valence-electron chi connectivity index (χ3n) is 2.79. The first-order chi connectivity index (χ1) is 7.30. The molecule has 0 radical (unpaired) electrons. The summed E-state index contributed by atoms with van der Waals surface area (Å²) in [6.07, 6.45) is -2.29. The summed E-state index contributed by atoms with van der Waals surface area (Å²) >= 11 is 0. The Kier molecular flexibility index (Phi) is 3.96. The maximum atomic E-state index is 12.3. The molecule has 0 aliphatic heterocycles. The van der Waals surface area contributed by atoms with Gasteiger partial charge in [0.15, 0.2) is 0 Å². The van der Waals surface area contributed by atoms with Crippen LogP contribution in [-0.4, -0.2) is 23.3 Å². The SMILES string of the molecule is NC(CC1CC=C(C(F)(F)F)CC1)C(=O)O. The predicted molar refractivity (Wildman–Crippen MR) is 51.7 cm³/mol. The highest BCUT2D eigenvalue weighted by molar-refractivity contribution is 5.73. The van der Waals surface area contributed by atoms with E-state index >= 15 is 0 Å². The van der Waals surface area contributed by atoms with Crippen LogP contribution in [0.1, 0.15) is 25.7 Å². The molecule has 16 heavy (non-hydrogen) atoms. The molecule has 1 rings (SSSR count). The van der Waals surface area contributed by atoms with Crippen LogP contribution < -0.4 is 5.73 Å². The number of carboxylic acid groups (broad SMARTS) is 1. The summed E-state index contributed by atoms with van der Waals surface area (Å²) in [6.45, 7) is 0. The molecule has 0 aromatic heterocycles. The van der Waals surface area contributed by atoms with Crippen LogP contribution >= 0.6 is 0 Å². The number of carbonyl (C=O) groups is 1. The van der Waals surface area contributed by atoms with Gasteiger partial charge < -0.3 is 10.8 Å². The van der Waals surface area contributed by atoms with Crippen molar-refractivity contribution in [1.29, 1.82) is 0 Å². The van der Waals surface area contributed by atoms with E-state index in [4.69, 9.17) is 10.8 Å². The van der Waals surface area contributed by atoms with Gasteiger partial charge in [-0.05, 0) is 31.6 Å². The molecule has 0 spiro atoms. The molecule has 2 atom stereocenters. The van der Waals surface area contributed by atoms with Crippen molar-refractivity contribution >= 4 is 5.97 Å². The molecule has 0 saturated heterocycles. The van der Waals surface area contributed by atoms with Gasteiger partial charge in [0.05, 0.1) is 0 Å². The van der Waals surface area contributed by atoms with Gasteiger partial charge >= 0.3 is 12.1 Å². The summed E-state index contributed by atoms with van der Waals surface area (Å²) in [5.74, 6) is -1.16. The maximum absolute atomic E-state index is 12.3. The monoisotopic (exact) mass is 237 g/mol. The zero-order valence-corrected chi connectivity index (χ0v) is 8.63. The molecule has 1 aliphatic carbocycles. The van der Waals surface area contributed by atoms with Gasteiger partial charge in [-0.15, -0.1) is 0 Å². The summed E-state index contributed by atoms with van der Waals surface area (Å²) in [6, 6.07) is -0.981. The maximum Gasteiger partial charge on any atom is 0.412 e. The first kappa shape index (κ1) is 13.0. The summed E-state index contributed by atoms with van der Waals surface area (Å²) in [7, 11) is 0. The highest BCUT2D eigenvalue weighted by Crippen LogP contribution is 2.36. The average molecular weight is 237 g/mol. The van der Waals surface area contributed by atoms with E-state index in [2.05, 4.69) is 0 Å². The molecule has 3 nitrogen and oxygen atoms in total. The van der Waals surface area contributed by atoms with E-state index in [9.17, 15) is 18.0 Å². The molecule has 1 aliphatic rings. The van der Waals surface area contributed by atoms with Gasteiger partial charge in [0.25, 0.3) is 0 Å². The smallest absolute Gasteiger partial charge is 0.412 e. The summed E-state index contributed by atoms with van der Waals surface area (Å²) in [4.78, 5) is 10.5. The number of hydrogen-bond donors (Lipinski definition) is 2. The summed E-state index contributed by atoms with van der Waals surface area (Å²) in [5, 5.41) is 8.57. The Labute approximate surface area is 91.1 Å². The normalized spacial score (nSPS) is 23.8. The quantitative estimate of drug-likeness (QED) is 0.738. The molecule has 0 heterocycles. The second-order valence-electron chi connectivity index (χ2n) is 4.05. The molecule has 92 valence electrons. The molecule has 2 unspecified atom stereocenters. The molecule has 6 heteroatoms. The lowest BCUT2D eigenvalue weighted by Crippen LogP contribution is -2.33. The number of aliphatic carboxylic acids is 1. The van der Waals surface area contributed by atoms with Crippen LogP contribution in [0.2, 0.25) is 0 Å². The standard InChI is InChI=1S/C10H14F3NO2/c11-10(12,13)7-3-1-6(2-4-7)5-8(14)9(15)16/h3,6,8H,1-2,4-5,14H2,(H,15,16). The number of allylic oxidation sites excluding steroid dienone is 2. The van der Waals surface area contributed by atoms with Crippen molar-refractivity contribution in [3.8, 4) is 0 Å². The van der Waals surface area contributed by atoms with Gasteiger partial charge in [-0.3, -0.25) is 4.79 Å². The minimum absolute atomic E-state index is 0.0412. The van der Waals surface area contributed by atoms with Crippen LogP contribution in [0.5, 0.6) is 0 Å². The fraction of sp³-hybridized carbons (Fsp3) is 0.700. The molecule has 0 aromatic carbocycles.